The van der Waals surface area contributed by atoms with Crippen LogP contribution in [0.2, 0.25) is 0 Å². The Morgan fingerprint density at radius 3 is 3.18 bits per heavy atom. The smallest absolute Gasteiger partial charge is 0.0892 e. The van der Waals surface area contributed by atoms with Gasteiger partial charge in [-0.2, -0.15) is 0 Å². The summed E-state index contributed by atoms with van der Waals surface area (Å²) in [5.41, 5.74) is 9.84. The van der Waals surface area contributed by atoms with E-state index >= 15 is 0 Å². The van der Waals surface area contributed by atoms with E-state index in [0.717, 1.165) is 24.4 Å². The molecule has 0 amide bonds. The summed E-state index contributed by atoms with van der Waals surface area (Å²) in [6.07, 6.45) is 1.12. The van der Waals surface area contributed by atoms with Gasteiger partial charge in [0.25, 0.3) is 0 Å². The lowest BCUT2D eigenvalue weighted by atomic mass is 10.3. The third-order valence-corrected chi connectivity index (χ3v) is 2.52. The molecule has 6 heteroatoms. The molecule has 0 saturated carbocycles. The summed E-state index contributed by atoms with van der Waals surface area (Å²) in [6.45, 7) is 2.18. The Morgan fingerprint density at radius 1 is 1.53 bits per heavy atom. The van der Waals surface area contributed by atoms with Crippen LogP contribution in [0.5, 0.6) is 0 Å². The first-order valence-electron chi connectivity index (χ1n) is 5.53. The van der Waals surface area contributed by atoms with Crippen molar-refractivity contribution in [1.82, 2.24) is 4.98 Å². The molecular formula is C11H14N4O2. The van der Waals surface area contributed by atoms with Crippen molar-refractivity contribution in [3.05, 3.63) is 40.0 Å². The van der Waals surface area contributed by atoms with Crippen LogP contribution < -0.4 is 0 Å². The predicted molar refractivity (Wildman–Crippen MR) is 61.1 cm³/mol. The van der Waals surface area contributed by atoms with Crippen molar-refractivity contribution >= 4 is 0 Å². The average molecular weight is 234 g/mol. The minimum atomic E-state index is 0.178. The molecule has 90 valence electrons. The molecule has 6 nitrogen and oxygen atoms in total. The van der Waals surface area contributed by atoms with E-state index in [9.17, 15) is 0 Å². The van der Waals surface area contributed by atoms with Gasteiger partial charge in [0.1, 0.15) is 0 Å². The van der Waals surface area contributed by atoms with Gasteiger partial charge in [0.05, 0.1) is 31.6 Å². The molecule has 1 aromatic heterocycles. The number of nitrogens with zero attached hydrogens (tertiary/aromatic N) is 4. The first kappa shape index (κ1) is 11.9. The van der Waals surface area contributed by atoms with Gasteiger partial charge in [-0.05, 0) is 24.1 Å². The molecule has 1 aromatic rings. The van der Waals surface area contributed by atoms with Gasteiger partial charge in [-0.1, -0.05) is 11.2 Å². The summed E-state index contributed by atoms with van der Waals surface area (Å²) in [7, 11) is 0. The maximum Gasteiger partial charge on any atom is 0.0892 e. The SMILES string of the molecule is [N-]=[N+]=NCc1cccc(CO[C@H]2CCOC2)n1. The van der Waals surface area contributed by atoms with Crippen LogP contribution in [0, 0.1) is 0 Å². The Kier molecular flexibility index (Phi) is 4.32. The van der Waals surface area contributed by atoms with E-state index in [1.165, 1.54) is 0 Å². The molecule has 0 unspecified atom stereocenters. The number of aromatic nitrogens is 1. The molecule has 2 heterocycles. The monoisotopic (exact) mass is 234 g/mol. The highest BCUT2D eigenvalue weighted by molar-refractivity contribution is 5.10. The van der Waals surface area contributed by atoms with Crippen LogP contribution in [0.25, 0.3) is 10.4 Å². The van der Waals surface area contributed by atoms with Crippen molar-refractivity contribution in [2.24, 2.45) is 5.11 Å². The highest BCUT2D eigenvalue weighted by Gasteiger charge is 2.15. The zero-order valence-electron chi connectivity index (χ0n) is 9.45. The van der Waals surface area contributed by atoms with Crippen LogP contribution >= 0.6 is 0 Å². The van der Waals surface area contributed by atoms with E-state index in [1.54, 1.807) is 0 Å². The summed E-state index contributed by atoms with van der Waals surface area (Å²) in [4.78, 5) is 7.05. The molecule has 1 aliphatic rings. The van der Waals surface area contributed by atoms with E-state index in [2.05, 4.69) is 15.0 Å². The van der Waals surface area contributed by atoms with E-state index in [0.29, 0.717) is 13.2 Å². The molecule has 0 bridgehead atoms. The van der Waals surface area contributed by atoms with Gasteiger partial charge in [-0.25, -0.2) is 0 Å². The maximum absolute atomic E-state index is 8.24. The third kappa shape index (κ3) is 3.71. The van der Waals surface area contributed by atoms with Gasteiger partial charge < -0.3 is 9.47 Å². The second-order valence-corrected chi connectivity index (χ2v) is 3.81. The van der Waals surface area contributed by atoms with Crippen LogP contribution in [-0.2, 0) is 22.6 Å². The van der Waals surface area contributed by atoms with Crippen LogP contribution in [0.4, 0.5) is 0 Å². The zero-order chi connectivity index (χ0) is 11.9. The molecule has 0 N–H and O–H groups in total. The number of hydrogen-bond acceptors (Lipinski definition) is 4. The fourth-order valence-electron chi connectivity index (χ4n) is 1.65. The van der Waals surface area contributed by atoms with Gasteiger partial charge in [0.15, 0.2) is 0 Å². The van der Waals surface area contributed by atoms with E-state index in [-0.39, 0.29) is 12.6 Å². The zero-order valence-corrected chi connectivity index (χ0v) is 9.45. The summed E-state index contributed by atoms with van der Waals surface area (Å²) in [5.74, 6) is 0. The third-order valence-electron chi connectivity index (χ3n) is 2.52. The fourth-order valence-corrected chi connectivity index (χ4v) is 1.65. The Bertz CT molecular complexity index is 412. The molecular weight excluding hydrogens is 220 g/mol. The first-order valence-corrected chi connectivity index (χ1v) is 5.53. The fraction of sp³-hybridized carbons (Fsp3) is 0.545. The van der Waals surface area contributed by atoms with Crippen LogP contribution in [0.3, 0.4) is 0 Å². The van der Waals surface area contributed by atoms with Gasteiger partial charge in [-0.15, -0.1) is 0 Å². The van der Waals surface area contributed by atoms with Crippen molar-refractivity contribution in [2.45, 2.75) is 25.7 Å². The minimum absolute atomic E-state index is 0.178. The van der Waals surface area contributed by atoms with Gasteiger partial charge in [0, 0.05) is 17.2 Å². The predicted octanol–water partition coefficient (Wildman–Crippen LogP) is 2.20. The van der Waals surface area contributed by atoms with Crippen molar-refractivity contribution < 1.29 is 9.47 Å². The van der Waals surface area contributed by atoms with Crippen molar-refractivity contribution in [3.63, 3.8) is 0 Å². The van der Waals surface area contributed by atoms with Crippen LogP contribution in [0.15, 0.2) is 23.3 Å². The largest absolute Gasteiger partial charge is 0.379 e. The van der Waals surface area contributed by atoms with Crippen molar-refractivity contribution in [3.8, 4) is 0 Å². The highest BCUT2D eigenvalue weighted by Crippen LogP contribution is 2.11. The lowest BCUT2D eigenvalue weighted by Crippen LogP contribution is -2.12. The van der Waals surface area contributed by atoms with Crippen LogP contribution in [0.1, 0.15) is 17.8 Å². The van der Waals surface area contributed by atoms with E-state index in [4.69, 9.17) is 15.0 Å². The Labute approximate surface area is 99.2 Å². The molecule has 2 rings (SSSR count). The number of pyridine rings is 1. The molecule has 0 radical (unpaired) electrons. The molecule has 17 heavy (non-hydrogen) atoms. The Morgan fingerprint density at radius 2 is 2.41 bits per heavy atom. The number of hydrogen-bond donors (Lipinski definition) is 0. The number of azide groups is 1. The molecule has 0 spiro atoms. The van der Waals surface area contributed by atoms with E-state index < -0.39 is 0 Å². The second-order valence-electron chi connectivity index (χ2n) is 3.81. The Hall–Kier alpha value is -1.62. The standard InChI is InChI=1S/C11H14N4O2/c12-15-13-6-9-2-1-3-10(14-9)7-17-11-4-5-16-8-11/h1-3,11H,4-8H2/t11-/m0/s1. The van der Waals surface area contributed by atoms with Gasteiger partial charge in [0.2, 0.25) is 0 Å². The summed E-state index contributed by atoms with van der Waals surface area (Å²) < 4.78 is 10.9. The molecule has 0 aliphatic carbocycles. The number of rotatable bonds is 5. The molecule has 1 fully saturated rings. The van der Waals surface area contributed by atoms with Gasteiger partial charge in [-0.3, -0.25) is 4.98 Å². The molecule has 1 saturated heterocycles. The van der Waals surface area contributed by atoms with Gasteiger partial charge >= 0.3 is 0 Å². The average Bonchev–Trinajstić information content (AvgIpc) is 2.87. The minimum Gasteiger partial charge on any atom is -0.379 e. The summed E-state index contributed by atoms with van der Waals surface area (Å²) in [5, 5.41) is 3.48. The first-order chi connectivity index (χ1) is 8.38. The molecule has 1 atom stereocenters. The highest BCUT2D eigenvalue weighted by atomic mass is 16.5. The Balaban J connectivity index is 1.88. The topological polar surface area (TPSA) is 80.1 Å². The quantitative estimate of drug-likeness (QED) is 0.445. The lowest BCUT2D eigenvalue weighted by molar-refractivity contribution is 0.0301. The summed E-state index contributed by atoms with van der Waals surface area (Å²) >= 11 is 0. The lowest BCUT2D eigenvalue weighted by Gasteiger charge is -2.09. The van der Waals surface area contributed by atoms with Crippen molar-refractivity contribution in [2.75, 3.05) is 13.2 Å². The summed E-state index contributed by atoms with van der Waals surface area (Å²) in [6, 6.07) is 5.62. The van der Waals surface area contributed by atoms with E-state index in [1.807, 2.05) is 18.2 Å². The molecule has 0 aromatic carbocycles. The number of ether oxygens (including phenoxy) is 2. The van der Waals surface area contributed by atoms with Crippen LogP contribution in [-0.4, -0.2) is 24.3 Å². The molecule has 1 aliphatic heterocycles. The second kappa shape index (κ2) is 6.20. The normalized spacial score (nSPS) is 18.9. The maximum atomic E-state index is 8.24. The van der Waals surface area contributed by atoms with Crippen molar-refractivity contribution in [1.29, 1.82) is 0 Å².